The Labute approximate surface area is 210 Å². The highest BCUT2D eigenvalue weighted by atomic mass is 14.3. The predicted molar refractivity (Wildman–Crippen MR) is 148 cm³/mol. The number of hydrogen-bond acceptors (Lipinski definition) is 0. The van der Waals surface area contributed by atoms with Gasteiger partial charge in [0.15, 0.2) is 0 Å². The highest BCUT2D eigenvalue weighted by Gasteiger charge is 2.20. The van der Waals surface area contributed by atoms with Gasteiger partial charge in [0.25, 0.3) is 0 Å². The molecular formula is C34H44. The molecule has 180 valence electrons. The topological polar surface area (TPSA) is 0 Å². The van der Waals surface area contributed by atoms with E-state index in [1.165, 1.54) is 82.6 Å². The van der Waals surface area contributed by atoms with Crippen LogP contribution in [0.5, 0.6) is 0 Å². The van der Waals surface area contributed by atoms with Crippen molar-refractivity contribution in [3.05, 3.63) is 70.8 Å². The smallest absolute Gasteiger partial charge is 0.0249 e. The van der Waals surface area contributed by atoms with E-state index in [4.69, 9.17) is 0 Å². The van der Waals surface area contributed by atoms with E-state index in [0.717, 1.165) is 41.4 Å². The van der Waals surface area contributed by atoms with E-state index in [1.54, 1.807) is 0 Å². The summed E-state index contributed by atoms with van der Waals surface area (Å²) in [5.74, 6) is 15.0. The molecule has 0 aromatic heterocycles. The van der Waals surface area contributed by atoms with Gasteiger partial charge < -0.3 is 0 Å². The van der Waals surface area contributed by atoms with Crippen LogP contribution in [0.4, 0.5) is 0 Å². The first-order valence-electron chi connectivity index (χ1n) is 14.0. The molecule has 1 saturated carbocycles. The lowest BCUT2D eigenvalue weighted by Crippen LogP contribution is -2.15. The first-order chi connectivity index (χ1) is 16.8. The maximum Gasteiger partial charge on any atom is 0.0249 e. The Balaban J connectivity index is 1.37. The zero-order valence-corrected chi connectivity index (χ0v) is 21.7. The van der Waals surface area contributed by atoms with Crippen molar-refractivity contribution in [3.8, 4) is 23.7 Å². The molecule has 2 aromatic rings. The van der Waals surface area contributed by atoms with E-state index >= 15 is 0 Å². The van der Waals surface area contributed by atoms with Crippen molar-refractivity contribution in [2.24, 2.45) is 11.8 Å². The minimum atomic E-state index is 0.936. The van der Waals surface area contributed by atoms with Crippen molar-refractivity contribution in [1.82, 2.24) is 0 Å². The van der Waals surface area contributed by atoms with E-state index in [1.807, 2.05) is 0 Å². The normalized spacial score (nSPS) is 17.4. The van der Waals surface area contributed by atoms with Crippen molar-refractivity contribution < 1.29 is 0 Å². The number of unbranched alkanes of at least 4 members (excludes halogenated alkanes) is 5. The van der Waals surface area contributed by atoms with Crippen LogP contribution in [0.25, 0.3) is 0 Å². The molecule has 0 saturated heterocycles. The maximum absolute atomic E-state index is 3.31. The third-order valence-corrected chi connectivity index (χ3v) is 7.32. The van der Waals surface area contributed by atoms with Crippen LogP contribution in [0.1, 0.15) is 120 Å². The van der Waals surface area contributed by atoms with Crippen LogP contribution in [-0.4, -0.2) is 0 Å². The van der Waals surface area contributed by atoms with E-state index < -0.39 is 0 Å². The molecular weight excluding hydrogens is 408 g/mol. The third kappa shape index (κ3) is 9.82. The number of benzene rings is 2. The molecule has 0 bridgehead atoms. The van der Waals surface area contributed by atoms with Gasteiger partial charge in [0.2, 0.25) is 0 Å². The van der Waals surface area contributed by atoms with Crippen molar-refractivity contribution in [3.63, 3.8) is 0 Å². The van der Waals surface area contributed by atoms with Crippen LogP contribution < -0.4 is 0 Å². The second-order valence-electron chi connectivity index (χ2n) is 10.2. The lowest BCUT2D eigenvalue weighted by Gasteiger charge is -2.28. The van der Waals surface area contributed by atoms with Gasteiger partial charge in [-0.1, -0.05) is 114 Å². The standard InChI is InChI=1S/C34H44/c1-3-5-7-8-10-12-30-15-19-32(20-16-30)22-24-34-27-25-33(26-28-34)23-21-31-17-13-29(14-18-31)11-9-6-4-2/h13-14,17-18,25-28,30,32H,3-8,10,12,15-16,19-20,22,24H2,1-2H3. The van der Waals surface area contributed by atoms with Gasteiger partial charge in [-0.3, -0.25) is 0 Å². The van der Waals surface area contributed by atoms with Crippen LogP contribution in [0.2, 0.25) is 0 Å². The summed E-state index contributed by atoms with van der Waals surface area (Å²) in [5, 5.41) is 0. The lowest BCUT2D eigenvalue weighted by molar-refractivity contribution is 0.248. The molecule has 0 radical (unpaired) electrons. The molecule has 0 unspecified atom stereocenters. The SMILES string of the molecule is CCCC#Cc1ccc(C#Cc2ccc(CCC3CCC(CCCCCCC)CC3)cc2)cc1. The zero-order valence-electron chi connectivity index (χ0n) is 21.7. The minimum absolute atomic E-state index is 0.936. The number of aryl methyl sites for hydroxylation is 1. The van der Waals surface area contributed by atoms with E-state index in [-0.39, 0.29) is 0 Å². The maximum atomic E-state index is 3.31. The molecule has 0 heteroatoms. The van der Waals surface area contributed by atoms with Crippen molar-refractivity contribution >= 4 is 0 Å². The Morgan fingerprint density at radius 3 is 1.71 bits per heavy atom. The Morgan fingerprint density at radius 1 is 0.588 bits per heavy atom. The van der Waals surface area contributed by atoms with Crippen molar-refractivity contribution in [2.45, 2.75) is 104 Å². The highest BCUT2D eigenvalue weighted by Crippen LogP contribution is 2.34. The van der Waals surface area contributed by atoms with Gasteiger partial charge >= 0.3 is 0 Å². The fourth-order valence-corrected chi connectivity index (χ4v) is 5.04. The van der Waals surface area contributed by atoms with Crippen LogP contribution in [0, 0.1) is 35.5 Å². The van der Waals surface area contributed by atoms with Crippen molar-refractivity contribution in [2.75, 3.05) is 0 Å². The summed E-state index contributed by atoms with van der Waals surface area (Å²) in [7, 11) is 0. The highest BCUT2D eigenvalue weighted by molar-refractivity contribution is 5.46. The molecule has 0 aliphatic heterocycles. The minimum Gasteiger partial charge on any atom is -0.0979 e. The zero-order chi connectivity index (χ0) is 23.8. The predicted octanol–water partition coefficient (Wildman–Crippen LogP) is 9.34. The fraction of sp³-hybridized carbons (Fsp3) is 0.529. The molecule has 0 heterocycles. The summed E-state index contributed by atoms with van der Waals surface area (Å²) in [6, 6.07) is 17.2. The lowest BCUT2D eigenvalue weighted by atomic mass is 9.77. The summed E-state index contributed by atoms with van der Waals surface area (Å²) >= 11 is 0. The van der Waals surface area contributed by atoms with E-state index in [0.29, 0.717) is 0 Å². The second kappa shape index (κ2) is 15.5. The van der Waals surface area contributed by atoms with Crippen LogP contribution in [-0.2, 0) is 6.42 Å². The molecule has 0 atom stereocenters. The summed E-state index contributed by atoms with van der Waals surface area (Å²) in [6.07, 6.45) is 19.1. The Kier molecular flexibility index (Phi) is 11.9. The van der Waals surface area contributed by atoms with Crippen LogP contribution >= 0.6 is 0 Å². The summed E-state index contributed by atoms with van der Waals surface area (Å²) in [5.41, 5.74) is 4.66. The van der Waals surface area contributed by atoms with Gasteiger partial charge in [-0.25, -0.2) is 0 Å². The quantitative estimate of drug-likeness (QED) is 0.249. The van der Waals surface area contributed by atoms with Gasteiger partial charge in [0.1, 0.15) is 0 Å². The number of hydrogen-bond donors (Lipinski definition) is 0. The van der Waals surface area contributed by atoms with Gasteiger partial charge in [-0.05, 0) is 73.1 Å². The molecule has 3 rings (SSSR count). The molecule has 0 spiro atoms. The first kappa shape index (κ1) is 26.2. The summed E-state index contributed by atoms with van der Waals surface area (Å²) < 4.78 is 0. The Bertz CT molecular complexity index is 932. The molecule has 0 amide bonds. The molecule has 0 nitrogen and oxygen atoms in total. The molecule has 1 aliphatic carbocycles. The second-order valence-corrected chi connectivity index (χ2v) is 10.2. The van der Waals surface area contributed by atoms with E-state index in [9.17, 15) is 0 Å². The molecule has 0 N–H and O–H groups in total. The first-order valence-corrected chi connectivity index (χ1v) is 14.0. The van der Waals surface area contributed by atoms with Crippen molar-refractivity contribution in [1.29, 1.82) is 0 Å². The largest absolute Gasteiger partial charge is 0.0979 e. The molecule has 34 heavy (non-hydrogen) atoms. The Hall–Kier alpha value is -2.44. The average molecular weight is 453 g/mol. The van der Waals surface area contributed by atoms with Crippen LogP contribution in [0.15, 0.2) is 48.5 Å². The van der Waals surface area contributed by atoms with Gasteiger partial charge in [0.05, 0.1) is 0 Å². The number of rotatable bonds is 10. The Morgan fingerprint density at radius 2 is 1.12 bits per heavy atom. The summed E-state index contributed by atoms with van der Waals surface area (Å²) in [4.78, 5) is 0. The molecule has 1 fully saturated rings. The average Bonchev–Trinajstić information content (AvgIpc) is 2.88. The van der Waals surface area contributed by atoms with E-state index in [2.05, 4.69) is 86.1 Å². The van der Waals surface area contributed by atoms with Gasteiger partial charge in [0, 0.05) is 23.1 Å². The third-order valence-electron chi connectivity index (χ3n) is 7.32. The molecule has 2 aromatic carbocycles. The fourth-order valence-electron chi connectivity index (χ4n) is 5.04. The van der Waals surface area contributed by atoms with Gasteiger partial charge in [-0.2, -0.15) is 0 Å². The molecule has 1 aliphatic rings. The monoisotopic (exact) mass is 452 g/mol. The van der Waals surface area contributed by atoms with Crippen LogP contribution in [0.3, 0.4) is 0 Å². The van der Waals surface area contributed by atoms with Gasteiger partial charge in [-0.15, -0.1) is 0 Å². The summed E-state index contributed by atoms with van der Waals surface area (Å²) in [6.45, 7) is 4.46.